The first-order valence-electron chi connectivity index (χ1n) is 5.79. The second kappa shape index (κ2) is 6.16. The molecule has 1 N–H and O–H groups in total. The van der Waals surface area contributed by atoms with E-state index in [1.165, 1.54) is 9.13 Å². The lowest BCUT2D eigenvalue weighted by atomic mass is 10.0. The van der Waals surface area contributed by atoms with Crippen LogP contribution in [-0.2, 0) is 6.54 Å². The van der Waals surface area contributed by atoms with Gasteiger partial charge in [0.25, 0.3) is 0 Å². The van der Waals surface area contributed by atoms with Crippen LogP contribution in [0.2, 0.25) is 0 Å². The number of rotatable bonds is 4. The van der Waals surface area contributed by atoms with Crippen molar-refractivity contribution >= 4 is 38.5 Å². The van der Waals surface area contributed by atoms with Gasteiger partial charge in [-0.15, -0.1) is 0 Å². The lowest BCUT2D eigenvalue weighted by Crippen LogP contribution is -2.19. The third kappa shape index (κ3) is 2.95. The Kier molecular flexibility index (Phi) is 4.80. The zero-order valence-electron chi connectivity index (χ0n) is 10.3. The molecule has 18 heavy (non-hydrogen) atoms. The summed E-state index contributed by atoms with van der Waals surface area (Å²) >= 11 is 5.89. The largest absolute Gasteiger partial charge is 0.337 e. The summed E-state index contributed by atoms with van der Waals surface area (Å²) in [7, 11) is 1.96. The van der Waals surface area contributed by atoms with Gasteiger partial charge in [0.2, 0.25) is 0 Å². The molecule has 1 aromatic carbocycles. The highest BCUT2D eigenvalue weighted by atomic mass is 127. The fourth-order valence-corrected chi connectivity index (χ4v) is 2.92. The molecule has 0 radical (unpaired) electrons. The number of aromatic nitrogens is 2. The Morgan fingerprint density at radius 2 is 2.28 bits per heavy atom. The molecule has 0 aliphatic carbocycles. The van der Waals surface area contributed by atoms with Crippen molar-refractivity contribution in [2.75, 3.05) is 7.05 Å². The number of benzene rings is 1. The maximum Gasteiger partial charge on any atom is 0.0950 e. The summed E-state index contributed by atoms with van der Waals surface area (Å²) in [5, 5.41) is 3.34. The lowest BCUT2D eigenvalue weighted by Gasteiger charge is -2.16. The van der Waals surface area contributed by atoms with E-state index in [-0.39, 0.29) is 6.04 Å². The summed E-state index contributed by atoms with van der Waals surface area (Å²) in [4.78, 5) is 4.49. The summed E-state index contributed by atoms with van der Waals surface area (Å²) in [6, 6.07) is 6.44. The second-order valence-corrected chi connectivity index (χ2v) is 6.09. The summed E-state index contributed by atoms with van der Waals surface area (Å²) < 4.78 is 4.42. The molecule has 0 amide bonds. The van der Waals surface area contributed by atoms with Crippen LogP contribution in [0, 0.1) is 3.57 Å². The van der Waals surface area contributed by atoms with E-state index in [9.17, 15) is 0 Å². The molecule has 2 rings (SSSR count). The molecule has 2 aromatic rings. The molecule has 96 valence electrons. The van der Waals surface area contributed by atoms with Crippen LogP contribution in [0.3, 0.4) is 0 Å². The van der Waals surface area contributed by atoms with Crippen LogP contribution >= 0.6 is 38.5 Å². The van der Waals surface area contributed by atoms with Crippen LogP contribution in [0.25, 0.3) is 0 Å². The van der Waals surface area contributed by atoms with Gasteiger partial charge in [-0.25, -0.2) is 4.98 Å². The molecule has 0 aliphatic rings. The Hall–Kier alpha value is -0.400. The van der Waals surface area contributed by atoms with Crippen LogP contribution in [0.1, 0.15) is 24.2 Å². The quantitative estimate of drug-likeness (QED) is 0.767. The van der Waals surface area contributed by atoms with E-state index in [0.717, 1.165) is 16.7 Å². The summed E-state index contributed by atoms with van der Waals surface area (Å²) in [5.41, 5.74) is 2.30. The van der Waals surface area contributed by atoms with Gasteiger partial charge >= 0.3 is 0 Å². The van der Waals surface area contributed by atoms with Gasteiger partial charge in [0, 0.05) is 20.8 Å². The minimum absolute atomic E-state index is 0.127. The van der Waals surface area contributed by atoms with Gasteiger partial charge in [-0.1, -0.05) is 15.9 Å². The van der Waals surface area contributed by atoms with Crippen molar-refractivity contribution in [1.29, 1.82) is 0 Å². The molecule has 1 unspecified atom stereocenters. The Labute approximate surface area is 129 Å². The molecule has 0 fully saturated rings. The van der Waals surface area contributed by atoms with Gasteiger partial charge in [0.15, 0.2) is 0 Å². The molecule has 1 atom stereocenters. The number of nitrogens with one attached hydrogen (secondary N) is 1. The van der Waals surface area contributed by atoms with Gasteiger partial charge in [0.1, 0.15) is 0 Å². The van der Waals surface area contributed by atoms with E-state index in [4.69, 9.17) is 0 Å². The first-order valence-corrected chi connectivity index (χ1v) is 7.66. The molecule has 0 aliphatic heterocycles. The van der Waals surface area contributed by atoms with Gasteiger partial charge in [-0.2, -0.15) is 0 Å². The molecule has 5 heteroatoms. The molecule has 0 spiro atoms. The van der Waals surface area contributed by atoms with Crippen molar-refractivity contribution in [2.24, 2.45) is 0 Å². The highest BCUT2D eigenvalue weighted by Gasteiger charge is 2.17. The molecule has 0 bridgehead atoms. The van der Waals surface area contributed by atoms with E-state index in [0.29, 0.717) is 0 Å². The fraction of sp³-hybridized carbons (Fsp3) is 0.308. The SMILES string of the molecule is CCn1cnc(C(NC)c2cc(Br)ccc2I)c1. The number of hydrogen-bond donors (Lipinski definition) is 1. The second-order valence-electron chi connectivity index (χ2n) is 4.02. The van der Waals surface area contributed by atoms with Crippen molar-refractivity contribution in [3.05, 3.63) is 50.0 Å². The van der Waals surface area contributed by atoms with Crippen molar-refractivity contribution in [1.82, 2.24) is 14.9 Å². The van der Waals surface area contributed by atoms with Crippen molar-refractivity contribution in [2.45, 2.75) is 19.5 Å². The highest BCUT2D eigenvalue weighted by molar-refractivity contribution is 14.1. The predicted molar refractivity (Wildman–Crippen MR) is 85.7 cm³/mol. The number of nitrogens with zero attached hydrogens (tertiary/aromatic N) is 2. The van der Waals surface area contributed by atoms with Crippen molar-refractivity contribution < 1.29 is 0 Å². The lowest BCUT2D eigenvalue weighted by molar-refractivity contribution is 0.669. The smallest absolute Gasteiger partial charge is 0.0950 e. The zero-order valence-corrected chi connectivity index (χ0v) is 14.1. The van der Waals surface area contributed by atoms with Crippen LogP contribution < -0.4 is 5.32 Å². The minimum atomic E-state index is 0.127. The number of aryl methyl sites for hydroxylation is 1. The average molecular weight is 420 g/mol. The molecule has 0 saturated carbocycles. The third-order valence-corrected chi connectivity index (χ3v) is 4.35. The topological polar surface area (TPSA) is 29.9 Å². The van der Waals surface area contributed by atoms with Gasteiger partial charge in [0.05, 0.1) is 18.1 Å². The minimum Gasteiger partial charge on any atom is -0.337 e. The molecule has 3 nitrogen and oxygen atoms in total. The van der Waals surface area contributed by atoms with E-state index in [2.05, 4.69) is 84.7 Å². The fourth-order valence-electron chi connectivity index (χ4n) is 1.90. The Balaban J connectivity index is 2.41. The van der Waals surface area contributed by atoms with Gasteiger partial charge < -0.3 is 9.88 Å². The number of hydrogen-bond acceptors (Lipinski definition) is 2. The Bertz CT molecular complexity index is 539. The first-order chi connectivity index (χ1) is 8.65. The van der Waals surface area contributed by atoms with Gasteiger partial charge in [-0.3, -0.25) is 0 Å². The maximum atomic E-state index is 4.49. The number of halogens is 2. The Morgan fingerprint density at radius 3 is 2.89 bits per heavy atom. The summed E-state index contributed by atoms with van der Waals surface area (Å²) in [5.74, 6) is 0. The molecular formula is C13H15BrIN3. The van der Waals surface area contributed by atoms with Crippen LogP contribution in [-0.4, -0.2) is 16.6 Å². The van der Waals surface area contributed by atoms with E-state index >= 15 is 0 Å². The average Bonchev–Trinajstić information content (AvgIpc) is 2.83. The van der Waals surface area contributed by atoms with Gasteiger partial charge in [-0.05, 0) is 60.3 Å². The monoisotopic (exact) mass is 419 g/mol. The first kappa shape index (κ1) is 14.0. The maximum absolute atomic E-state index is 4.49. The molecular weight excluding hydrogens is 405 g/mol. The Morgan fingerprint density at radius 1 is 1.50 bits per heavy atom. The van der Waals surface area contributed by atoms with Crippen LogP contribution in [0.15, 0.2) is 35.2 Å². The highest BCUT2D eigenvalue weighted by Crippen LogP contribution is 2.27. The van der Waals surface area contributed by atoms with E-state index in [1.54, 1.807) is 0 Å². The molecule has 1 aromatic heterocycles. The third-order valence-electron chi connectivity index (χ3n) is 2.87. The van der Waals surface area contributed by atoms with E-state index < -0.39 is 0 Å². The van der Waals surface area contributed by atoms with Crippen molar-refractivity contribution in [3.8, 4) is 0 Å². The normalized spacial score (nSPS) is 12.7. The molecule has 1 heterocycles. The van der Waals surface area contributed by atoms with E-state index in [1.807, 2.05) is 13.4 Å². The standard InChI is InChI=1S/C13H15BrIN3/c1-3-18-7-12(17-8-18)13(16-2)10-6-9(14)4-5-11(10)15/h4-8,13,16H,3H2,1-2H3. The van der Waals surface area contributed by atoms with Crippen LogP contribution in [0.4, 0.5) is 0 Å². The number of imidazole rings is 1. The zero-order chi connectivity index (χ0) is 13.1. The predicted octanol–water partition coefficient (Wildman–Crippen LogP) is 3.58. The summed E-state index contributed by atoms with van der Waals surface area (Å²) in [6.45, 7) is 3.06. The van der Waals surface area contributed by atoms with Crippen molar-refractivity contribution in [3.63, 3.8) is 0 Å². The molecule has 0 saturated heterocycles. The summed E-state index contributed by atoms with van der Waals surface area (Å²) in [6.07, 6.45) is 3.97. The van der Waals surface area contributed by atoms with Crippen LogP contribution in [0.5, 0.6) is 0 Å².